The number of hydrogen-bond acceptors (Lipinski definition) is 6. The van der Waals surface area contributed by atoms with Crippen molar-refractivity contribution in [1.82, 2.24) is 4.98 Å². The van der Waals surface area contributed by atoms with Gasteiger partial charge in [-0.2, -0.15) is 5.10 Å². The first kappa shape index (κ1) is 16.1. The van der Waals surface area contributed by atoms with Crippen molar-refractivity contribution in [2.75, 3.05) is 12.5 Å². The molecule has 6 nitrogen and oxygen atoms in total. The number of amidine groups is 1. The van der Waals surface area contributed by atoms with Crippen molar-refractivity contribution in [2.45, 2.75) is 13.3 Å². The number of aromatic nitrogens is 1. The molecule has 122 valence electrons. The molecule has 0 spiro atoms. The Balaban J connectivity index is 1.75. The number of anilines is 1. The van der Waals surface area contributed by atoms with E-state index >= 15 is 0 Å². The van der Waals surface area contributed by atoms with E-state index in [1.165, 1.54) is 11.3 Å². The molecule has 0 unspecified atom stereocenters. The molecule has 0 aliphatic heterocycles. The quantitative estimate of drug-likeness (QED) is 0.300. The first-order valence-corrected chi connectivity index (χ1v) is 8.34. The van der Waals surface area contributed by atoms with Crippen LogP contribution in [-0.4, -0.2) is 17.9 Å². The third-order valence-corrected chi connectivity index (χ3v) is 4.18. The van der Waals surface area contributed by atoms with Gasteiger partial charge in [0.15, 0.2) is 5.84 Å². The van der Waals surface area contributed by atoms with Crippen LogP contribution >= 0.6 is 11.3 Å². The molecule has 7 heteroatoms. The monoisotopic (exact) mass is 339 g/mol. The predicted molar refractivity (Wildman–Crippen MR) is 98.5 cm³/mol. The number of hydrogen-bond donors (Lipinski definition) is 1. The maximum atomic E-state index is 5.28. The van der Waals surface area contributed by atoms with Crippen LogP contribution in [0.15, 0.2) is 63.9 Å². The van der Waals surface area contributed by atoms with Gasteiger partial charge in [-0.15, -0.1) is 10.2 Å². The zero-order chi connectivity index (χ0) is 16.8. The molecule has 0 aliphatic rings. The lowest BCUT2D eigenvalue weighted by Gasteiger charge is -2.06. The number of azo groups is 1. The Morgan fingerprint density at radius 3 is 2.75 bits per heavy atom. The van der Waals surface area contributed by atoms with Gasteiger partial charge in [0.25, 0.3) is 0 Å². The number of ether oxygens (including phenoxy) is 1. The highest BCUT2D eigenvalue weighted by molar-refractivity contribution is 7.21. The summed E-state index contributed by atoms with van der Waals surface area (Å²) in [7, 11) is 1.62. The van der Waals surface area contributed by atoms with E-state index in [4.69, 9.17) is 4.74 Å². The lowest BCUT2D eigenvalue weighted by atomic mass is 10.3. The third kappa shape index (κ3) is 3.75. The minimum Gasteiger partial charge on any atom is -0.495 e. The number of para-hydroxylation sites is 3. The van der Waals surface area contributed by atoms with Gasteiger partial charge in [0.05, 0.1) is 23.0 Å². The predicted octanol–water partition coefficient (Wildman–Crippen LogP) is 5.22. The van der Waals surface area contributed by atoms with Crippen molar-refractivity contribution < 1.29 is 4.74 Å². The largest absolute Gasteiger partial charge is 0.495 e. The van der Waals surface area contributed by atoms with Crippen molar-refractivity contribution in [3.63, 3.8) is 0 Å². The average molecular weight is 339 g/mol. The van der Waals surface area contributed by atoms with E-state index < -0.39 is 0 Å². The highest BCUT2D eigenvalue weighted by Gasteiger charge is 2.03. The summed E-state index contributed by atoms with van der Waals surface area (Å²) in [6.07, 6.45) is 0.649. The molecule has 0 radical (unpaired) electrons. The molecule has 3 aromatic rings. The van der Waals surface area contributed by atoms with E-state index in [0.717, 1.165) is 21.7 Å². The Kier molecular flexibility index (Phi) is 5.12. The Bertz CT molecular complexity index is 854. The summed E-state index contributed by atoms with van der Waals surface area (Å²) in [6.45, 7) is 1.97. The minimum absolute atomic E-state index is 0.583. The number of hydrazone groups is 1. The van der Waals surface area contributed by atoms with Crippen LogP contribution in [-0.2, 0) is 0 Å². The third-order valence-electron chi connectivity index (χ3n) is 3.26. The molecule has 2 aromatic carbocycles. The van der Waals surface area contributed by atoms with Crippen molar-refractivity contribution in [1.29, 1.82) is 0 Å². The normalized spacial score (nSPS) is 12.0. The smallest absolute Gasteiger partial charge is 0.231 e. The van der Waals surface area contributed by atoms with E-state index in [0.29, 0.717) is 17.4 Å². The van der Waals surface area contributed by atoms with E-state index in [1.54, 1.807) is 7.11 Å². The maximum absolute atomic E-state index is 5.28. The van der Waals surface area contributed by atoms with E-state index in [1.807, 2.05) is 55.5 Å². The molecule has 0 fully saturated rings. The van der Waals surface area contributed by atoms with Crippen LogP contribution in [0, 0.1) is 0 Å². The van der Waals surface area contributed by atoms with Gasteiger partial charge in [-0.1, -0.05) is 42.5 Å². The van der Waals surface area contributed by atoms with Crippen molar-refractivity contribution in [3.05, 3.63) is 48.5 Å². The summed E-state index contributed by atoms with van der Waals surface area (Å²) < 4.78 is 6.37. The van der Waals surface area contributed by atoms with E-state index in [2.05, 4.69) is 25.7 Å². The lowest BCUT2D eigenvalue weighted by Crippen LogP contribution is -1.98. The molecule has 0 atom stereocenters. The van der Waals surface area contributed by atoms with E-state index in [-0.39, 0.29) is 0 Å². The molecule has 0 saturated carbocycles. The van der Waals surface area contributed by atoms with Crippen LogP contribution in [0.5, 0.6) is 5.75 Å². The summed E-state index contributed by atoms with van der Waals surface area (Å²) in [5.74, 6) is 1.31. The highest BCUT2D eigenvalue weighted by atomic mass is 32.1. The van der Waals surface area contributed by atoms with Gasteiger partial charge in [-0.25, -0.2) is 4.98 Å². The Labute approximate surface area is 143 Å². The zero-order valence-electron chi connectivity index (χ0n) is 13.4. The first-order valence-electron chi connectivity index (χ1n) is 7.53. The Hall–Kier alpha value is -2.80. The van der Waals surface area contributed by atoms with Gasteiger partial charge in [0.1, 0.15) is 5.75 Å². The first-order chi connectivity index (χ1) is 11.8. The molecule has 1 aromatic heterocycles. The lowest BCUT2D eigenvalue weighted by molar-refractivity contribution is 0.416. The van der Waals surface area contributed by atoms with Gasteiger partial charge in [0, 0.05) is 6.42 Å². The van der Waals surface area contributed by atoms with Gasteiger partial charge in [0.2, 0.25) is 5.13 Å². The average Bonchev–Trinajstić information content (AvgIpc) is 3.05. The van der Waals surface area contributed by atoms with Gasteiger partial charge in [-0.05, 0) is 24.3 Å². The number of nitrogens with zero attached hydrogens (tertiary/aromatic N) is 4. The SMILES string of the molecule is CC/C(N=Nc1nc2ccccc2s1)=N\Nc1ccccc1OC. The second-order valence-corrected chi connectivity index (χ2v) is 5.87. The number of fused-ring (bicyclic) bond motifs is 1. The van der Waals surface area contributed by atoms with Crippen LogP contribution in [0.3, 0.4) is 0 Å². The van der Waals surface area contributed by atoms with E-state index in [9.17, 15) is 0 Å². The molecule has 0 bridgehead atoms. The van der Waals surface area contributed by atoms with Crippen molar-refractivity contribution in [3.8, 4) is 5.75 Å². The summed E-state index contributed by atoms with van der Waals surface area (Å²) >= 11 is 1.50. The van der Waals surface area contributed by atoms with Gasteiger partial charge in [-0.3, -0.25) is 5.43 Å². The van der Waals surface area contributed by atoms with Crippen LogP contribution < -0.4 is 10.2 Å². The van der Waals surface area contributed by atoms with Crippen LogP contribution in [0.2, 0.25) is 0 Å². The zero-order valence-corrected chi connectivity index (χ0v) is 14.2. The number of thiazole rings is 1. The molecule has 3 rings (SSSR count). The fourth-order valence-electron chi connectivity index (χ4n) is 2.04. The molecular formula is C17H17N5OS. The Morgan fingerprint density at radius 2 is 1.96 bits per heavy atom. The molecule has 1 N–H and O–H groups in total. The summed E-state index contributed by atoms with van der Waals surface area (Å²) in [6, 6.07) is 15.5. The standard InChI is InChI=1S/C17H17N5OS/c1-3-16(20-19-12-8-4-6-10-14(12)23-2)21-22-17-18-13-9-5-7-11-15(13)24-17/h4-11,19H,3H2,1-2H3/b20-16+,22-21?. The molecule has 0 amide bonds. The van der Waals surface area contributed by atoms with Crippen molar-refractivity contribution in [2.24, 2.45) is 15.3 Å². The minimum atomic E-state index is 0.583. The number of rotatable bonds is 5. The Morgan fingerprint density at radius 1 is 1.17 bits per heavy atom. The van der Waals surface area contributed by atoms with Crippen LogP contribution in [0.1, 0.15) is 13.3 Å². The summed E-state index contributed by atoms with van der Waals surface area (Å²) in [4.78, 5) is 4.43. The van der Waals surface area contributed by atoms with Crippen LogP contribution in [0.4, 0.5) is 10.8 Å². The second-order valence-electron chi connectivity index (χ2n) is 4.86. The van der Waals surface area contributed by atoms with Gasteiger partial charge < -0.3 is 4.74 Å². The molecule has 0 aliphatic carbocycles. The van der Waals surface area contributed by atoms with Crippen molar-refractivity contribution >= 4 is 38.2 Å². The van der Waals surface area contributed by atoms with Crippen LogP contribution in [0.25, 0.3) is 10.2 Å². The molecule has 0 saturated heterocycles. The molecule has 1 heterocycles. The second kappa shape index (κ2) is 7.65. The number of nitrogens with one attached hydrogen (secondary N) is 1. The number of methoxy groups -OCH3 is 1. The molecular weight excluding hydrogens is 322 g/mol. The topological polar surface area (TPSA) is 71.2 Å². The summed E-state index contributed by atoms with van der Waals surface area (Å²) in [5.41, 5.74) is 4.68. The summed E-state index contributed by atoms with van der Waals surface area (Å²) in [5, 5.41) is 13.3. The van der Waals surface area contributed by atoms with Gasteiger partial charge >= 0.3 is 0 Å². The highest BCUT2D eigenvalue weighted by Crippen LogP contribution is 2.28. The number of benzene rings is 2. The fourth-order valence-corrected chi connectivity index (χ4v) is 2.82. The molecule has 24 heavy (non-hydrogen) atoms. The maximum Gasteiger partial charge on any atom is 0.231 e. The fraction of sp³-hybridized carbons (Fsp3) is 0.176.